The number of rotatable bonds is 6. The van der Waals surface area contributed by atoms with Crippen LogP contribution in [0.5, 0.6) is 0 Å². The zero-order valence-electron chi connectivity index (χ0n) is 12.0. The lowest BCUT2D eigenvalue weighted by atomic mass is 10.1. The highest BCUT2D eigenvalue weighted by Gasteiger charge is 2.15. The van der Waals surface area contributed by atoms with E-state index in [-0.39, 0.29) is 0 Å². The van der Waals surface area contributed by atoms with E-state index in [0.717, 1.165) is 23.9 Å². The van der Waals surface area contributed by atoms with Crippen molar-refractivity contribution in [2.24, 2.45) is 5.92 Å². The first-order valence-electron chi connectivity index (χ1n) is 6.91. The molecule has 0 spiro atoms. The molecule has 2 rings (SSSR count). The Bertz CT molecular complexity index is 485. The van der Waals surface area contributed by atoms with Crippen LogP contribution in [0.15, 0.2) is 34.7 Å². The first-order valence-corrected chi connectivity index (χ1v) is 6.91. The molecule has 1 heterocycles. The lowest BCUT2D eigenvalue weighted by Gasteiger charge is -2.20. The van der Waals surface area contributed by atoms with Crippen LogP contribution in [0.4, 0.5) is 0 Å². The maximum Gasteiger partial charge on any atom is 0.135 e. The minimum Gasteiger partial charge on any atom is -0.458 e. The number of likely N-dealkylation sites (N-methyl/N-ethyl adjacent to an activating group) is 1. The van der Waals surface area contributed by atoms with Gasteiger partial charge in [0.15, 0.2) is 0 Å². The second-order valence-electron chi connectivity index (χ2n) is 5.65. The van der Waals surface area contributed by atoms with Crippen molar-refractivity contribution in [3.8, 4) is 0 Å². The summed E-state index contributed by atoms with van der Waals surface area (Å²) in [4.78, 5) is 2.15. The third-order valence-corrected chi connectivity index (χ3v) is 3.35. The molecule has 0 saturated carbocycles. The summed E-state index contributed by atoms with van der Waals surface area (Å²) in [5.74, 6) is 1.34. The van der Waals surface area contributed by atoms with Crippen molar-refractivity contribution in [3.05, 3.63) is 36.1 Å². The van der Waals surface area contributed by atoms with Gasteiger partial charge in [-0.15, -0.1) is 0 Å². The van der Waals surface area contributed by atoms with Crippen LogP contribution in [-0.2, 0) is 0 Å². The molecule has 0 fully saturated rings. The van der Waals surface area contributed by atoms with E-state index in [0.29, 0.717) is 18.2 Å². The highest BCUT2D eigenvalue weighted by Crippen LogP contribution is 2.24. The van der Waals surface area contributed by atoms with Gasteiger partial charge in [-0.25, -0.2) is 0 Å². The summed E-state index contributed by atoms with van der Waals surface area (Å²) >= 11 is 0. The van der Waals surface area contributed by atoms with Crippen molar-refractivity contribution in [1.82, 2.24) is 4.90 Å². The molecular weight excluding hydrogens is 238 g/mol. The molecule has 3 nitrogen and oxygen atoms in total. The smallest absolute Gasteiger partial charge is 0.135 e. The van der Waals surface area contributed by atoms with E-state index in [1.54, 1.807) is 0 Å². The Labute approximate surface area is 114 Å². The van der Waals surface area contributed by atoms with Crippen LogP contribution in [0.25, 0.3) is 11.0 Å². The van der Waals surface area contributed by atoms with Gasteiger partial charge in [-0.2, -0.15) is 0 Å². The molecule has 0 radical (unpaired) electrons. The Morgan fingerprint density at radius 2 is 2.00 bits per heavy atom. The van der Waals surface area contributed by atoms with Gasteiger partial charge in [0.2, 0.25) is 0 Å². The van der Waals surface area contributed by atoms with Gasteiger partial charge in [0.25, 0.3) is 0 Å². The molecule has 0 aliphatic heterocycles. The lowest BCUT2D eigenvalue weighted by molar-refractivity contribution is 0.106. The summed E-state index contributed by atoms with van der Waals surface area (Å²) in [6, 6.07) is 9.77. The predicted molar refractivity (Wildman–Crippen MR) is 78.1 cm³/mol. The predicted octanol–water partition coefficient (Wildman–Crippen LogP) is 3.44. The average Bonchev–Trinajstić information content (AvgIpc) is 2.80. The van der Waals surface area contributed by atoms with E-state index in [4.69, 9.17) is 4.42 Å². The average molecular weight is 261 g/mol. The molecule has 0 aliphatic rings. The number of aliphatic hydroxyl groups excluding tert-OH is 1. The number of aliphatic hydroxyl groups is 1. The molecule has 1 unspecified atom stereocenters. The largest absolute Gasteiger partial charge is 0.458 e. The normalized spacial score (nSPS) is 13.6. The third-order valence-electron chi connectivity index (χ3n) is 3.35. The zero-order chi connectivity index (χ0) is 13.8. The van der Waals surface area contributed by atoms with Gasteiger partial charge in [-0.1, -0.05) is 32.0 Å². The fraction of sp³-hybridized carbons (Fsp3) is 0.500. The Morgan fingerprint density at radius 3 is 2.68 bits per heavy atom. The molecule has 0 amide bonds. The molecule has 1 aromatic carbocycles. The van der Waals surface area contributed by atoms with E-state index in [1.807, 2.05) is 37.4 Å². The molecule has 19 heavy (non-hydrogen) atoms. The quantitative estimate of drug-likeness (QED) is 0.865. The Kier molecular flexibility index (Phi) is 4.61. The van der Waals surface area contributed by atoms with Gasteiger partial charge in [-0.3, -0.25) is 0 Å². The first-order chi connectivity index (χ1) is 9.06. The number of para-hydroxylation sites is 1. The summed E-state index contributed by atoms with van der Waals surface area (Å²) in [6.45, 7) is 6.02. The molecule has 1 aromatic heterocycles. The van der Waals surface area contributed by atoms with Gasteiger partial charge in [-0.05, 0) is 38.1 Å². The van der Waals surface area contributed by atoms with Crippen molar-refractivity contribution < 1.29 is 9.52 Å². The van der Waals surface area contributed by atoms with Crippen molar-refractivity contribution in [2.75, 3.05) is 20.1 Å². The van der Waals surface area contributed by atoms with E-state index < -0.39 is 6.10 Å². The molecule has 0 bridgehead atoms. The minimum atomic E-state index is -0.565. The molecule has 1 atom stereocenters. The standard InChI is InChI=1S/C16H23NO2/c1-12(2)8-9-17(3)11-14(18)16-10-13-6-4-5-7-15(13)19-16/h4-7,10,12,14,18H,8-9,11H2,1-3H3. The molecule has 1 N–H and O–H groups in total. The van der Waals surface area contributed by atoms with Gasteiger partial charge in [0, 0.05) is 11.9 Å². The molecule has 3 heteroatoms. The number of nitrogens with zero attached hydrogens (tertiary/aromatic N) is 1. The third kappa shape index (κ3) is 3.82. The Morgan fingerprint density at radius 1 is 1.26 bits per heavy atom. The van der Waals surface area contributed by atoms with Crippen LogP contribution >= 0.6 is 0 Å². The van der Waals surface area contributed by atoms with Crippen LogP contribution in [0.2, 0.25) is 0 Å². The summed E-state index contributed by atoms with van der Waals surface area (Å²) in [6.07, 6.45) is 0.577. The van der Waals surface area contributed by atoms with E-state index in [9.17, 15) is 5.11 Å². The van der Waals surface area contributed by atoms with Crippen molar-refractivity contribution in [2.45, 2.75) is 26.4 Å². The highest BCUT2D eigenvalue weighted by molar-refractivity contribution is 5.77. The fourth-order valence-corrected chi connectivity index (χ4v) is 2.12. The van der Waals surface area contributed by atoms with Crippen molar-refractivity contribution >= 4 is 11.0 Å². The SMILES string of the molecule is CC(C)CCN(C)CC(O)c1cc2ccccc2o1. The monoisotopic (exact) mass is 261 g/mol. The maximum absolute atomic E-state index is 10.2. The van der Waals surface area contributed by atoms with Gasteiger partial charge < -0.3 is 14.4 Å². The van der Waals surface area contributed by atoms with Crippen molar-refractivity contribution in [3.63, 3.8) is 0 Å². The topological polar surface area (TPSA) is 36.6 Å². The fourth-order valence-electron chi connectivity index (χ4n) is 2.12. The van der Waals surface area contributed by atoms with Crippen LogP contribution in [0.1, 0.15) is 32.1 Å². The number of fused-ring (bicyclic) bond motifs is 1. The maximum atomic E-state index is 10.2. The van der Waals surface area contributed by atoms with Crippen molar-refractivity contribution in [1.29, 1.82) is 0 Å². The van der Waals surface area contributed by atoms with Crippen LogP contribution < -0.4 is 0 Å². The van der Waals surface area contributed by atoms with Crippen LogP contribution in [0.3, 0.4) is 0 Å². The molecule has 104 valence electrons. The second-order valence-corrected chi connectivity index (χ2v) is 5.65. The number of hydrogen-bond acceptors (Lipinski definition) is 3. The zero-order valence-corrected chi connectivity index (χ0v) is 12.0. The molecule has 0 aliphatic carbocycles. The second kappa shape index (κ2) is 6.22. The minimum absolute atomic E-state index is 0.565. The Balaban J connectivity index is 1.97. The molecular formula is C16H23NO2. The Hall–Kier alpha value is -1.32. The summed E-state index contributed by atoms with van der Waals surface area (Å²) in [5.41, 5.74) is 0.835. The summed E-state index contributed by atoms with van der Waals surface area (Å²) in [5, 5.41) is 11.3. The van der Waals surface area contributed by atoms with E-state index >= 15 is 0 Å². The van der Waals surface area contributed by atoms with Gasteiger partial charge in [0.05, 0.1) is 0 Å². The number of benzene rings is 1. The van der Waals surface area contributed by atoms with Gasteiger partial charge >= 0.3 is 0 Å². The van der Waals surface area contributed by atoms with E-state index in [1.165, 1.54) is 0 Å². The van der Waals surface area contributed by atoms with Crippen LogP contribution in [0, 0.1) is 5.92 Å². The summed E-state index contributed by atoms with van der Waals surface area (Å²) in [7, 11) is 2.04. The summed E-state index contributed by atoms with van der Waals surface area (Å²) < 4.78 is 5.68. The highest BCUT2D eigenvalue weighted by atomic mass is 16.4. The first kappa shape index (κ1) is 14.1. The molecule has 0 saturated heterocycles. The number of hydrogen-bond donors (Lipinski definition) is 1. The van der Waals surface area contributed by atoms with E-state index in [2.05, 4.69) is 18.7 Å². The van der Waals surface area contributed by atoms with Crippen LogP contribution in [-0.4, -0.2) is 30.1 Å². The lowest BCUT2D eigenvalue weighted by Crippen LogP contribution is -2.26. The molecule has 2 aromatic rings. The van der Waals surface area contributed by atoms with Gasteiger partial charge in [0.1, 0.15) is 17.4 Å². The number of furan rings is 1.